The molecule has 0 aliphatic heterocycles. The number of hydrogen-bond acceptors (Lipinski definition) is 5. The standard InChI is InChI=1S/C29H29N3O5/c1-19-9-8-14-24(20(19)2)31-27(33)18-36-28(34)26(15-22-16-30-25-13-7-6-12-23(22)25)32-29(35)37-17-21-10-4-3-5-11-21/h3-14,16,26,30H,15,17-18H2,1-2H3,(H,31,33)(H,32,35). The van der Waals surface area contributed by atoms with E-state index in [2.05, 4.69) is 15.6 Å². The number of alkyl carbamates (subject to hydrolysis) is 1. The zero-order valence-electron chi connectivity index (χ0n) is 20.7. The second-order valence-corrected chi connectivity index (χ2v) is 8.73. The van der Waals surface area contributed by atoms with Crippen molar-refractivity contribution in [3.63, 3.8) is 0 Å². The summed E-state index contributed by atoms with van der Waals surface area (Å²) in [6.45, 7) is 3.42. The Labute approximate surface area is 215 Å². The highest BCUT2D eigenvalue weighted by atomic mass is 16.6. The predicted octanol–water partition coefficient (Wildman–Crippen LogP) is 4.80. The van der Waals surface area contributed by atoms with Gasteiger partial charge in [0.2, 0.25) is 0 Å². The molecule has 4 rings (SSSR count). The first-order valence-electron chi connectivity index (χ1n) is 12.0. The van der Waals surface area contributed by atoms with Gasteiger partial charge in [0.1, 0.15) is 12.6 Å². The van der Waals surface area contributed by atoms with E-state index in [0.717, 1.165) is 33.2 Å². The van der Waals surface area contributed by atoms with Crippen LogP contribution in [0.3, 0.4) is 0 Å². The minimum Gasteiger partial charge on any atom is -0.454 e. The molecule has 0 aliphatic rings. The monoisotopic (exact) mass is 499 g/mol. The fraction of sp³-hybridized carbons (Fsp3) is 0.207. The number of carbonyl (C=O) groups excluding carboxylic acids is 3. The SMILES string of the molecule is Cc1cccc(NC(=O)COC(=O)C(Cc2c[nH]c3ccccc23)NC(=O)OCc2ccccc2)c1C. The quantitative estimate of drug-likeness (QED) is 0.287. The van der Waals surface area contributed by atoms with Crippen molar-refractivity contribution in [2.45, 2.75) is 32.9 Å². The number of nitrogens with one attached hydrogen (secondary N) is 3. The molecule has 37 heavy (non-hydrogen) atoms. The van der Waals surface area contributed by atoms with Crippen LogP contribution >= 0.6 is 0 Å². The van der Waals surface area contributed by atoms with Crippen LogP contribution in [0.1, 0.15) is 22.3 Å². The van der Waals surface area contributed by atoms with E-state index in [1.807, 2.05) is 80.6 Å². The number of amides is 2. The van der Waals surface area contributed by atoms with Crippen molar-refractivity contribution < 1.29 is 23.9 Å². The molecule has 3 N–H and O–H groups in total. The molecule has 0 aliphatic carbocycles. The Morgan fingerprint density at radius 3 is 2.46 bits per heavy atom. The number of esters is 1. The molecule has 0 saturated carbocycles. The summed E-state index contributed by atoms with van der Waals surface area (Å²) >= 11 is 0. The number of aromatic nitrogens is 1. The lowest BCUT2D eigenvalue weighted by molar-refractivity contribution is -0.149. The second-order valence-electron chi connectivity index (χ2n) is 8.73. The normalized spacial score (nSPS) is 11.5. The topological polar surface area (TPSA) is 110 Å². The number of anilines is 1. The van der Waals surface area contributed by atoms with Gasteiger partial charge in [0.25, 0.3) is 5.91 Å². The number of rotatable bonds is 9. The van der Waals surface area contributed by atoms with Crippen LogP contribution in [0.15, 0.2) is 79.0 Å². The van der Waals surface area contributed by atoms with Gasteiger partial charge in [0.05, 0.1) is 0 Å². The van der Waals surface area contributed by atoms with Gasteiger partial charge in [0.15, 0.2) is 6.61 Å². The molecule has 0 fully saturated rings. The fourth-order valence-electron chi connectivity index (χ4n) is 3.93. The van der Waals surface area contributed by atoms with Gasteiger partial charge < -0.3 is 25.1 Å². The number of fused-ring (bicyclic) bond motifs is 1. The number of ether oxygens (including phenoxy) is 2. The van der Waals surface area contributed by atoms with E-state index in [-0.39, 0.29) is 13.0 Å². The molecule has 2 amide bonds. The molecule has 0 bridgehead atoms. The molecule has 1 unspecified atom stereocenters. The highest BCUT2D eigenvalue weighted by Gasteiger charge is 2.25. The number of aryl methyl sites for hydroxylation is 1. The minimum absolute atomic E-state index is 0.0553. The van der Waals surface area contributed by atoms with E-state index < -0.39 is 30.6 Å². The Bertz CT molecular complexity index is 1400. The molecule has 3 aromatic carbocycles. The van der Waals surface area contributed by atoms with Crippen molar-refractivity contribution in [2.24, 2.45) is 0 Å². The maximum atomic E-state index is 13.0. The summed E-state index contributed by atoms with van der Waals surface area (Å²) < 4.78 is 10.6. The molecule has 0 saturated heterocycles. The molecular formula is C29H29N3O5. The van der Waals surface area contributed by atoms with Gasteiger partial charge in [-0.1, -0.05) is 60.7 Å². The summed E-state index contributed by atoms with van der Waals surface area (Å²) in [6, 6.07) is 21.4. The fourth-order valence-corrected chi connectivity index (χ4v) is 3.93. The lowest BCUT2D eigenvalue weighted by Gasteiger charge is -2.18. The van der Waals surface area contributed by atoms with Crippen LogP contribution in [0.5, 0.6) is 0 Å². The van der Waals surface area contributed by atoms with Gasteiger partial charge in [-0.2, -0.15) is 0 Å². The number of para-hydroxylation sites is 1. The third-order valence-corrected chi connectivity index (χ3v) is 6.11. The average Bonchev–Trinajstić information content (AvgIpc) is 3.32. The third kappa shape index (κ3) is 6.76. The minimum atomic E-state index is -1.06. The van der Waals surface area contributed by atoms with Gasteiger partial charge >= 0.3 is 12.1 Å². The molecule has 4 aromatic rings. The van der Waals surface area contributed by atoms with Gasteiger partial charge in [-0.3, -0.25) is 4.79 Å². The Balaban J connectivity index is 1.42. The number of benzene rings is 3. The van der Waals surface area contributed by atoms with Crippen molar-refractivity contribution in [3.8, 4) is 0 Å². The van der Waals surface area contributed by atoms with E-state index in [0.29, 0.717) is 5.69 Å². The molecule has 0 radical (unpaired) electrons. The number of H-pyrrole nitrogens is 1. The van der Waals surface area contributed by atoms with Crippen LogP contribution in [-0.2, 0) is 32.1 Å². The number of aromatic amines is 1. The Kier molecular flexibility index (Phi) is 8.20. The lowest BCUT2D eigenvalue weighted by Crippen LogP contribution is -2.44. The van der Waals surface area contributed by atoms with E-state index in [9.17, 15) is 14.4 Å². The molecule has 1 heterocycles. The van der Waals surface area contributed by atoms with Crippen molar-refractivity contribution in [1.82, 2.24) is 10.3 Å². The number of carbonyl (C=O) groups is 3. The van der Waals surface area contributed by atoms with E-state index in [1.165, 1.54) is 0 Å². The summed E-state index contributed by atoms with van der Waals surface area (Å²) in [5.41, 5.74) is 5.16. The first-order valence-corrected chi connectivity index (χ1v) is 12.0. The van der Waals surface area contributed by atoms with Crippen LogP contribution in [-0.4, -0.2) is 35.6 Å². The second kappa shape index (κ2) is 11.9. The van der Waals surface area contributed by atoms with Crippen molar-refractivity contribution in [2.75, 3.05) is 11.9 Å². The van der Waals surface area contributed by atoms with E-state index >= 15 is 0 Å². The Morgan fingerprint density at radius 2 is 1.65 bits per heavy atom. The summed E-state index contributed by atoms with van der Waals surface area (Å²) in [5, 5.41) is 6.28. The maximum Gasteiger partial charge on any atom is 0.408 e. The van der Waals surface area contributed by atoms with Crippen LogP contribution in [0.25, 0.3) is 10.9 Å². The smallest absolute Gasteiger partial charge is 0.408 e. The first kappa shape index (κ1) is 25.5. The molecule has 190 valence electrons. The largest absolute Gasteiger partial charge is 0.454 e. The summed E-state index contributed by atoms with van der Waals surface area (Å²) in [7, 11) is 0. The van der Waals surface area contributed by atoms with Crippen molar-refractivity contribution in [1.29, 1.82) is 0 Å². The Hall–Kier alpha value is -4.59. The summed E-state index contributed by atoms with van der Waals surface area (Å²) in [5.74, 6) is -1.21. The van der Waals surface area contributed by atoms with Crippen molar-refractivity contribution in [3.05, 3.63) is 101 Å². The molecule has 0 spiro atoms. The van der Waals surface area contributed by atoms with Crippen LogP contribution in [0, 0.1) is 13.8 Å². The molecular weight excluding hydrogens is 470 g/mol. The van der Waals surface area contributed by atoms with Gasteiger partial charge in [-0.25, -0.2) is 9.59 Å². The zero-order valence-corrected chi connectivity index (χ0v) is 20.7. The Morgan fingerprint density at radius 1 is 0.892 bits per heavy atom. The average molecular weight is 500 g/mol. The van der Waals surface area contributed by atoms with Crippen LogP contribution in [0.2, 0.25) is 0 Å². The highest BCUT2D eigenvalue weighted by molar-refractivity contribution is 5.94. The number of hydrogen-bond donors (Lipinski definition) is 3. The zero-order chi connectivity index (χ0) is 26.2. The maximum absolute atomic E-state index is 13.0. The molecule has 8 nitrogen and oxygen atoms in total. The van der Waals surface area contributed by atoms with E-state index in [1.54, 1.807) is 12.3 Å². The van der Waals surface area contributed by atoms with Crippen LogP contribution in [0.4, 0.5) is 10.5 Å². The van der Waals surface area contributed by atoms with Gasteiger partial charge in [-0.15, -0.1) is 0 Å². The van der Waals surface area contributed by atoms with Crippen LogP contribution < -0.4 is 10.6 Å². The predicted molar refractivity (Wildman–Crippen MR) is 141 cm³/mol. The van der Waals surface area contributed by atoms with Gasteiger partial charge in [-0.05, 0) is 48.2 Å². The first-order chi connectivity index (χ1) is 17.9. The van der Waals surface area contributed by atoms with E-state index in [4.69, 9.17) is 9.47 Å². The molecule has 8 heteroatoms. The van der Waals surface area contributed by atoms with Gasteiger partial charge in [0, 0.05) is 29.2 Å². The highest BCUT2D eigenvalue weighted by Crippen LogP contribution is 2.20. The molecule has 1 aromatic heterocycles. The lowest BCUT2D eigenvalue weighted by atomic mass is 10.1. The summed E-state index contributed by atoms with van der Waals surface area (Å²) in [4.78, 5) is 41.2. The third-order valence-electron chi connectivity index (χ3n) is 6.11. The molecule has 1 atom stereocenters. The van der Waals surface area contributed by atoms with Crippen molar-refractivity contribution >= 4 is 34.6 Å². The summed E-state index contributed by atoms with van der Waals surface area (Å²) in [6.07, 6.45) is 1.18.